The van der Waals surface area contributed by atoms with E-state index in [1.165, 1.54) is 0 Å². The molecule has 0 unspecified atom stereocenters. The number of benzene rings is 1. The maximum absolute atomic E-state index is 12.1. The van der Waals surface area contributed by atoms with Gasteiger partial charge in [-0.3, -0.25) is 0 Å². The first-order valence-electron chi connectivity index (χ1n) is 6.03. The van der Waals surface area contributed by atoms with Crippen LogP contribution >= 0.6 is 0 Å². The van der Waals surface area contributed by atoms with Crippen molar-refractivity contribution >= 4 is 10.0 Å². The summed E-state index contributed by atoms with van der Waals surface area (Å²) in [5.41, 5.74) is 2.95. The van der Waals surface area contributed by atoms with Gasteiger partial charge in [0.25, 0.3) is 0 Å². The Labute approximate surface area is 113 Å². The van der Waals surface area contributed by atoms with Crippen LogP contribution in [0.1, 0.15) is 16.8 Å². The molecule has 19 heavy (non-hydrogen) atoms. The van der Waals surface area contributed by atoms with E-state index in [1.807, 2.05) is 19.9 Å². The number of hydrogen-bond acceptors (Lipinski definition) is 3. The van der Waals surface area contributed by atoms with Gasteiger partial charge < -0.3 is 4.98 Å². The fraction of sp³-hybridized carbons (Fsp3) is 0.308. The van der Waals surface area contributed by atoms with Crippen LogP contribution in [-0.4, -0.2) is 24.9 Å². The van der Waals surface area contributed by atoms with Gasteiger partial charge in [0.05, 0.1) is 11.2 Å². The third-order valence-corrected chi connectivity index (χ3v) is 4.49. The zero-order valence-corrected chi connectivity index (χ0v) is 11.8. The van der Waals surface area contributed by atoms with Crippen LogP contribution in [0.5, 0.6) is 0 Å². The summed E-state index contributed by atoms with van der Waals surface area (Å²) in [5, 5.41) is 0. The number of hydrogen-bond donors (Lipinski definition) is 2. The molecule has 2 N–H and O–H groups in total. The standard InChI is InChI=1S/C13H17N3O2S/c1-10-3-4-13(7-11(10)2)19(17,18)16-6-5-12-8-14-9-15-12/h3-4,7-9,16H,5-6H2,1-2H3,(H,14,15). The Bertz CT molecular complexity index is 649. The second kappa shape index (κ2) is 5.54. The number of aromatic nitrogens is 2. The van der Waals surface area contributed by atoms with Crippen molar-refractivity contribution in [1.29, 1.82) is 0 Å². The van der Waals surface area contributed by atoms with E-state index in [2.05, 4.69) is 14.7 Å². The summed E-state index contributed by atoms with van der Waals surface area (Å²) in [6.45, 7) is 4.20. The zero-order chi connectivity index (χ0) is 13.9. The van der Waals surface area contributed by atoms with Gasteiger partial charge in [0.15, 0.2) is 0 Å². The largest absolute Gasteiger partial charge is 0.348 e. The molecule has 0 aliphatic rings. The van der Waals surface area contributed by atoms with E-state index >= 15 is 0 Å². The quantitative estimate of drug-likeness (QED) is 0.872. The lowest BCUT2D eigenvalue weighted by molar-refractivity contribution is 0.581. The summed E-state index contributed by atoms with van der Waals surface area (Å²) in [7, 11) is -3.44. The predicted molar refractivity (Wildman–Crippen MR) is 73.4 cm³/mol. The lowest BCUT2D eigenvalue weighted by Gasteiger charge is -2.08. The number of nitrogens with one attached hydrogen (secondary N) is 2. The lowest BCUT2D eigenvalue weighted by Crippen LogP contribution is -2.26. The first-order valence-corrected chi connectivity index (χ1v) is 7.51. The molecule has 2 aromatic rings. The second-order valence-corrected chi connectivity index (χ2v) is 6.24. The topological polar surface area (TPSA) is 74.8 Å². The molecule has 0 amide bonds. The zero-order valence-electron chi connectivity index (χ0n) is 11.0. The minimum Gasteiger partial charge on any atom is -0.348 e. The van der Waals surface area contributed by atoms with Crippen molar-refractivity contribution in [2.24, 2.45) is 0 Å². The highest BCUT2D eigenvalue weighted by Crippen LogP contribution is 2.14. The van der Waals surface area contributed by atoms with Crippen molar-refractivity contribution < 1.29 is 8.42 Å². The smallest absolute Gasteiger partial charge is 0.240 e. The maximum atomic E-state index is 12.1. The lowest BCUT2D eigenvalue weighted by atomic mass is 10.1. The summed E-state index contributed by atoms with van der Waals surface area (Å²) in [6, 6.07) is 5.13. The molecule has 0 saturated heterocycles. The number of imidazole rings is 1. The average molecular weight is 279 g/mol. The van der Waals surface area contributed by atoms with Gasteiger partial charge in [0.2, 0.25) is 10.0 Å². The Morgan fingerprint density at radius 3 is 2.68 bits per heavy atom. The number of aryl methyl sites for hydroxylation is 2. The van der Waals surface area contributed by atoms with Crippen LogP contribution in [0.4, 0.5) is 0 Å². The molecule has 1 aromatic heterocycles. The van der Waals surface area contributed by atoms with Crippen molar-refractivity contribution in [3.63, 3.8) is 0 Å². The minimum atomic E-state index is -3.44. The Hall–Kier alpha value is -1.66. The van der Waals surface area contributed by atoms with Crippen molar-refractivity contribution in [2.45, 2.75) is 25.2 Å². The molecule has 0 bridgehead atoms. The van der Waals surface area contributed by atoms with Crippen LogP contribution in [0.3, 0.4) is 0 Å². The highest BCUT2D eigenvalue weighted by atomic mass is 32.2. The van der Waals surface area contributed by atoms with Gasteiger partial charge >= 0.3 is 0 Å². The van der Waals surface area contributed by atoms with Crippen LogP contribution < -0.4 is 4.72 Å². The average Bonchev–Trinajstić information content (AvgIpc) is 2.85. The molecule has 0 spiro atoms. The van der Waals surface area contributed by atoms with E-state index in [0.29, 0.717) is 17.9 Å². The number of aromatic amines is 1. The van der Waals surface area contributed by atoms with E-state index in [4.69, 9.17) is 0 Å². The van der Waals surface area contributed by atoms with E-state index in [9.17, 15) is 8.42 Å². The van der Waals surface area contributed by atoms with Crippen molar-refractivity contribution in [3.8, 4) is 0 Å². The molecule has 0 radical (unpaired) electrons. The molecular weight excluding hydrogens is 262 g/mol. The fourth-order valence-electron chi connectivity index (χ4n) is 1.71. The van der Waals surface area contributed by atoms with Crippen LogP contribution in [0.25, 0.3) is 0 Å². The number of H-pyrrole nitrogens is 1. The SMILES string of the molecule is Cc1ccc(S(=O)(=O)NCCc2cnc[nH]2)cc1C. The van der Waals surface area contributed by atoms with Crippen molar-refractivity contribution in [1.82, 2.24) is 14.7 Å². The van der Waals surface area contributed by atoms with E-state index in [0.717, 1.165) is 16.8 Å². The van der Waals surface area contributed by atoms with E-state index < -0.39 is 10.0 Å². The number of sulfonamides is 1. The van der Waals surface area contributed by atoms with Gasteiger partial charge in [-0.25, -0.2) is 18.1 Å². The number of nitrogens with zero attached hydrogens (tertiary/aromatic N) is 1. The van der Waals surface area contributed by atoms with Gasteiger partial charge in [-0.2, -0.15) is 0 Å². The van der Waals surface area contributed by atoms with Gasteiger partial charge in [-0.05, 0) is 37.1 Å². The van der Waals surface area contributed by atoms with Gasteiger partial charge in [0, 0.05) is 24.9 Å². The summed E-state index contributed by atoms with van der Waals surface area (Å²) >= 11 is 0. The molecule has 0 fully saturated rings. The molecule has 102 valence electrons. The Balaban J connectivity index is 2.03. The molecule has 1 heterocycles. The number of rotatable bonds is 5. The van der Waals surface area contributed by atoms with Crippen LogP contribution in [0.2, 0.25) is 0 Å². The first-order chi connectivity index (χ1) is 8.99. The molecular formula is C13H17N3O2S. The summed E-state index contributed by atoms with van der Waals surface area (Å²) in [6.07, 6.45) is 3.85. The Morgan fingerprint density at radius 2 is 2.05 bits per heavy atom. The monoisotopic (exact) mass is 279 g/mol. The molecule has 0 aliphatic carbocycles. The van der Waals surface area contributed by atoms with Gasteiger partial charge in [-0.1, -0.05) is 6.07 Å². The van der Waals surface area contributed by atoms with Crippen LogP contribution in [-0.2, 0) is 16.4 Å². The summed E-state index contributed by atoms with van der Waals surface area (Å²) in [4.78, 5) is 7.12. The third-order valence-electron chi connectivity index (χ3n) is 3.03. The molecule has 0 atom stereocenters. The van der Waals surface area contributed by atoms with Gasteiger partial charge in [0.1, 0.15) is 0 Å². The summed E-state index contributed by atoms with van der Waals surface area (Å²) in [5.74, 6) is 0. The Kier molecular flexibility index (Phi) is 4.01. The van der Waals surface area contributed by atoms with Crippen LogP contribution in [0.15, 0.2) is 35.6 Å². The highest BCUT2D eigenvalue weighted by Gasteiger charge is 2.13. The molecule has 0 aliphatic heterocycles. The van der Waals surface area contributed by atoms with Crippen LogP contribution in [0, 0.1) is 13.8 Å². The van der Waals surface area contributed by atoms with Crippen molar-refractivity contribution in [2.75, 3.05) is 6.54 Å². The maximum Gasteiger partial charge on any atom is 0.240 e. The third kappa shape index (κ3) is 3.42. The predicted octanol–water partition coefficient (Wildman–Crippen LogP) is 1.55. The van der Waals surface area contributed by atoms with E-state index in [-0.39, 0.29) is 0 Å². The first kappa shape index (κ1) is 13.8. The Morgan fingerprint density at radius 1 is 1.26 bits per heavy atom. The molecule has 0 saturated carbocycles. The second-order valence-electron chi connectivity index (χ2n) is 4.47. The molecule has 1 aromatic carbocycles. The summed E-state index contributed by atoms with van der Waals surface area (Å²) < 4.78 is 26.8. The van der Waals surface area contributed by atoms with Crippen molar-refractivity contribution in [3.05, 3.63) is 47.5 Å². The van der Waals surface area contributed by atoms with Gasteiger partial charge in [-0.15, -0.1) is 0 Å². The van der Waals surface area contributed by atoms with E-state index in [1.54, 1.807) is 24.7 Å². The molecule has 6 heteroatoms. The molecule has 2 rings (SSSR count). The normalized spacial score (nSPS) is 11.7. The fourth-order valence-corrected chi connectivity index (χ4v) is 2.82. The minimum absolute atomic E-state index is 0.306. The molecule has 5 nitrogen and oxygen atoms in total. The highest BCUT2D eigenvalue weighted by molar-refractivity contribution is 7.89.